The Morgan fingerprint density at radius 2 is 2.25 bits per heavy atom. The van der Waals surface area contributed by atoms with Crippen LogP contribution in [0.15, 0.2) is 24.9 Å². The van der Waals surface area contributed by atoms with Gasteiger partial charge in [-0.05, 0) is 43.9 Å². The minimum Gasteiger partial charge on any atom is -0.490 e. The lowest BCUT2D eigenvalue weighted by Gasteiger charge is -2.17. The topological polar surface area (TPSA) is 34.6 Å². The van der Waals surface area contributed by atoms with Crippen LogP contribution in [0, 0.1) is 0 Å². The molecular weight excluding hydrogens is 274 g/mol. The van der Waals surface area contributed by atoms with Crippen LogP contribution in [0.5, 0.6) is 0 Å². The maximum absolute atomic E-state index is 6.06. The molecule has 1 saturated heterocycles. The summed E-state index contributed by atoms with van der Waals surface area (Å²) in [7, 11) is 0. The van der Waals surface area contributed by atoms with Crippen LogP contribution in [0.2, 0.25) is 5.15 Å². The van der Waals surface area contributed by atoms with E-state index in [-0.39, 0.29) is 5.60 Å². The Kier molecular flexibility index (Phi) is 3.35. The summed E-state index contributed by atoms with van der Waals surface area (Å²) in [5.74, 6) is 0.662. The number of nitrogens with zero attached hydrogens (tertiary/aromatic N) is 1. The number of rotatable bonds is 5. The summed E-state index contributed by atoms with van der Waals surface area (Å²) in [5.41, 5.74) is 2.77. The first-order valence-electron chi connectivity index (χ1n) is 6.86. The van der Waals surface area contributed by atoms with Gasteiger partial charge in [-0.1, -0.05) is 24.3 Å². The molecule has 3 rings (SSSR count). The van der Waals surface area contributed by atoms with E-state index in [1.54, 1.807) is 6.20 Å². The van der Waals surface area contributed by atoms with Gasteiger partial charge in [-0.25, -0.2) is 4.98 Å². The van der Waals surface area contributed by atoms with Gasteiger partial charge >= 0.3 is 0 Å². The molecule has 1 unspecified atom stereocenters. The molecule has 1 atom stereocenters. The second-order valence-corrected chi connectivity index (χ2v) is 5.90. The van der Waals surface area contributed by atoms with E-state index in [2.05, 4.69) is 24.6 Å². The minimum atomic E-state index is -0.228. The first-order valence-corrected chi connectivity index (χ1v) is 7.24. The fourth-order valence-electron chi connectivity index (χ4n) is 2.33. The van der Waals surface area contributed by atoms with E-state index < -0.39 is 0 Å². The van der Waals surface area contributed by atoms with Gasteiger partial charge in [0, 0.05) is 11.8 Å². The molecule has 0 amide bonds. The van der Waals surface area contributed by atoms with Crippen LogP contribution in [-0.4, -0.2) is 23.3 Å². The molecule has 3 nitrogen and oxygen atoms in total. The van der Waals surface area contributed by atoms with Crippen molar-refractivity contribution in [2.24, 2.45) is 0 Å². The van der Waals surface area contributed by atoms with Crippen molar-refractivity contribution in [1.82, 2.24) is 4.98 Å². The first-order chi connectivity index (χ1) is 9.53. The molecular formula is C16H18ClNO2. The Bertz CT molecular complexity index is 586. The average molecular weight is 292 g/mol. The largest absolute Gasteiger partial charge is 0.490 e. The summed E-state index contributed by atoms with van der Waals surface area (Å²) in [5, 5.41) is 0.464. The van der Waals surface area contributed by atoms with Crippen LogP contribution in [-0.2, 0) is 9.47 Å². The number of pyridine rings is 1. The molecule has 0 radical (unpaired) electrons. The quantitative estimate of drug-likeness (QED) is 0.466. The van der Waals surface area contributed by atoms with E-state index >= 15 is 0 Å². The van der Waals surface area contributed by atoms with Crippen LogP contribution in [0.4, 0.5) is 0 Å². The molecule has 2 heterocycles. The summed E-state index contributed by atoms with van der Waals surface area (Å²) in [6.45, 7) is 8.84. The zero-order valence-electron chi connectivity index (χ0n) is 11.8. The van der Waals surface area contributed by atoms with Crippen LogP contribution in [0.25, 0.3) is 11.3 Å². The van der Waals surface area contributed by atoms with Gasteiger partial charge in [0.15, 0.2) is 0 Å². The van der Waals surface area contributed by atoms with Gasteiger partial charge in [-0.15, -0.1) is 0 Å². The maximum Gasteiger partial charge on any atom is 0.129 e. The number of ether oxygens (including phenoxy) is 2. The summed E-state index contributed by atoms with van der Waals surface area (Å²) in [6, 6.07) is 1.86. The number of epoxide rings is 1. The monoisotopic (exact) mass is 291 g/mol. The summed E-state index contributed by atoms with van der Waals surface area (Å²) in [6.07, 6.45) is 6.32. The van der Waals surface area contributed by atoms with Gasteiger partial charge in [0.05, 0.1) is 12.7 Å². The molecule has 1 aliphatic carbocycles. The van der Waals surface area contributed by atoms with Crippen molar-refractivity contribution in [3.63, 3.8) is 0 Å². The zero-order valence-corrected chi connectivity index (χ0v) is 12.5. The fraction of sp³-hybridized carbons (Fsp3) is 0.438. The Labute approximate surface area is 124 Å². The van der Waals surface area contributed by atoms with E-state index in [4.69, 9.17) is 21.1 Å². The van der Waals surface area contributed by atoms with Crippen molar-refractivity contribution >= 4 is 22.9 Å². The normalized spacial score (nSPS) is 25.4. The molecule has 4 heteroatoms. The molecule has 1 saturated carbocycles. The number of allylic oxidation sites excluding steroid dienone is 1. The maximum atomic E-state index is 6.06. The van der Waals surface area contributed by atoms with Gasteiger partial charge in [0.2, 0.25) is 0 Å². The molecule has 2 aliphatic rings. The first kappa shape index (κ1) is 13.7. The lowest BCUT2D eigenvalue weighted by atomic mass is 9.91. The molecule has 0 N–H and O–H groups in total. The van der Waals surface area contributed by atoms with Crippen molar-refractivity contribution < 1.29 is 9.47 Å². The minimum absolute atomic E-state index is 0.228. The van der Waals surface area contributed by atoms with Crippen molar-refractivity contribution in [2.75, 3.05) is 6.61 Å². The van der Waals surface area contributed by atoms with E-state index in [1.807, 2.05) is 13.0 Å². The highest BCUT2D eigenvalue weighted by Gasteiger charge is 2.44. The highest BCUT2D eigenvalue weighted by molar-refractivity contribution is 6.29. The third-order valence-electron chi connectivity index (χ3n) is 3.73. The van der Waals surface area contributed by atoms with Crippen LogP contribution in [0.3, 0.4) is 0 Å². The molecule has 0 bridgehead atoms. The third kappa shape index (κ3) is 2.60. The Hall–Kier alpha value is -1.32. The molecule has 0 aromatic carbocycles. The molecule has 0 spiro atoms. The third-order valence-corrected chi connectivity index (χ3v) is 3.94. The van der Waals surface area contributed by atoms with Crippen molar-refractivity contribution in [3.8, 4) is 0 Å². The lowest BCUT2D eigenvalue weighted by Crippen LogP contribution is -2.10. The van der Waals surface area contributed by atoms with Crippen molar-refractivity contribution in [2.45, 2.75) is 38.4 Å². The average Bonchev–Trinajstić information content (AvgIpc) is 3.30. The molecule has 20 heavy (non-hydrogen) atoms. The standard InChI is InChI=1S/C16H18ClNO2/c1-4-14(16(3)9-19-16)12-7-15(17)18-8-13(12)10(2)20-11-5-6-11/h4,7-8,11H,2,5-6,9H2,1,3H3/b14-4+. The predicted molar refractivity (Wildman–Crippen MR) is 80.4 cm³/mol. The summed E-state index contributed by atoms with van der Waals surface area (Å²) < 4.78 is 11.4. The van der Waals surface area contributed by atoms with Gasteiger partial charge in [0.25, 0.3) is 0 Å². The van der Waals surface area contributed by atoms with Gasteiger partial charge < -0.3 is 9.47 Å². The zero-order chi connectivity index (χ0) is 14.3. The van der Waals surface area contributed by atoms with E-state index in [1.165, 1.54) is 0 Å². The van der Waals surface area contributed by atoms with Crippen molar-refractivity contribution in [3.05, 3.63) is 41.2 Å². The van der Waals surface area contributed by atoms with Crippen LogP contribution < -0.4 is 0 Å². The van der Waals surface area contributed by atoms with Gasteiger partial charge in [-0.2, -0.15) is 0 Å². The second kappa shape index (κ2) is 4.90. The lowest BCUT2D eigenvalue weighted by molar-refractivity contribution is 0.262. The molecule has 1 aromatic rings. The second-order valence-electron chi connectivity index (χ2n) is 5.51. The number of halogens is 1. The molecule has 106 valence electrons. The number of hydrogen-bond donors (Lipinski definition) is 0. The summed E-state index contributed by atoms with van der Waals surface area (Å²) in [4.78, 5) is 4.16. The highest BCUT2D eigenvalue weighted by Crippen LogP contribution is 2.43. The Balaban J connectivity index is 1.99. The van der Waals surface area contributed by atoms with Gasteiger partial charge in [-0.3, -0.25) is 0 Å². The SMILES string of the molecule is C=C(OC1CC1)c1cnc(Cl)cc1/C(=C\C)C1(C)CO1. The highest BCUT2D eigenvalue weighted by atomic mass is 35.5. The van der Waals surface area contributed by atoms with Gasteiger partial charge in [0.1, 0.15) is 16.5 Å². The fourth-order valence-corrected chi connectivity index (χ4v) is 2.49. The summed E-state index contributed by atoms with van der Waals surface area (Å²) >= 11 is 6.06. The smallest absolute Gasteiger partial charge is 0.129 e. The van der Waals surface area contributed by atoms with E-state index in [0.717, 1.165) is 36.1 Å². The Morgan fingerprint density at radius 3 is 2.80 bits per heavy atom. The molecule has 1 aromatic heterocycles. The van der Waals surface area contributed by atoms with E-state index in [0.29, 0.717) is 17.0 Å². The Morgan fingerprint density at radius 1 is 1.55 bits per heavy atom. The molecule has 1 aliphatic heterocycles. The van der Waals surface area contributed by atoms with Crippen molar-refractivity contribution in [1.29, 1.82) is 0 Å². The van der Waals surface area contributed by atoms with Crippen LogP contribution >= 0.6 is 11.6 Å². The number of hydrogen-bond acceptors (Lipinski definition) is 3. The van der Waals surface area contributed by atoms with E-state index in [9.17, 15) is 0 Å². The predicted octanol–water partition coefficient (Wildman–Crippen LogP) is 4.08. The van der Waals surface area contributed by atoms with Crippen LogP contribution in [0.1, 0.15) is 37.8 Å². The number of aromatic nitrogens is 1. The molecule has 2 fully saturated rings.